The standard InChI is InChI=1S/C22H30ClN3O4/c1-24(21(29)30)16-5-8-19(18(23)13-16)25-11-2-9-22(14-25)10-12-26(20(22)28)15-3-6-17(27)7-4-15/h5,8,13,15,17,27H,2-4,6-7,9-12,14H2,1H3,(H,29,30)/t15-,17-,22-/m0/s1. The Labute approximate surface area is 182 Å². The van der Waals surface area contributed by atoms with E-state index in [0.29, 0.717) is 17.3 Å². The highest BCUT2D eigenvalue weighted by Gasteiger charge is 2.50. The van der Waals surface area contributed by atoms with Gasteiger partial charge in [0.1, 0.15) is 0 Å². The first-order chi connectivity index (χ1) is 14.3. The number of piperidine rings is 1. The number of aliphatic hydroxyl groups is 1. The van der Waals surface area contributed by atoms with E-state index in [2.05, 4.69) is 9.80 Å². The van der Waals surface area contributed by atoms with Gasteiger partial charge in [0.25, 0.3) is 0 Å². The van der Waals surface area contributed by atoms with Crippen LogP contribution in [0.25, 0.3) is 0 Å². The number of hydrogen-bond acceptors (Lipinski definition) is 4. The van der Waals surface area contributed by atoms with Gasteiger partial charge in [-0.2, -0.15) is 0 Å². The van der Waals surface area contributed by atoms with Gasteiger partial charge in [0.15, 0.2) is 0 Å². The van der Waals surface area contributed by atoms with Gasteiger partial charge in [-0.25, -0.2) is 4.79 Å². The van der Waals surface area contributed by atoms with Crippen molar-refractivity contribution in [1.29, 1.82) is 0 Å². The van der Waals surface area contributed by atoms with Crippen LogP contribution in [-0.2, 0) is 4.79 Å². The van der Waals surface area contributed by atoms with Gasteiger partial charge in [0.05, 0.1) is 22.2 Å². The summed E-state index contributed by atoms with van der Waals surface area (Å²) in [6.07, 6.45) is 4.75. The van der Waals surface area contributed by atoms with Crippen LogP contribution in [0.5, 0.6) is 0 Å². The molecule has 0 aromatic heterocycles. The molecule has 8 heteroatoms. The highest BCUT2D eigenvalue weighted by molar-refractivity contribution is 6.33. The summed E-state index contributed by atoms with van der Waals surface area (Å²) in [5.41, 5.74) is 1.00. The minimum absolute atomic E-state index is 0.219. The number of carboxylic acid groups (broad SMARTS) is 1. The first kappa shape index (κ1) is 21.2. The lowest BCUT2D eigenvalue weighted by molar-refractivity contribution is -0.139. The molecule has 0 radical (unpaired) electrons. The molecule has 30 heavy (non-hydrogen) atoms. The molecule has 2 saturated heterocycles. The normalized spacial score (nSPS) is 29.5. The second kappa shape index (κ2) is 8.27. The Morgan fingerprint density at radius 3 is 2.60 bits per heavy atom. The van der Waals surface area contributed by atoms with Gasteiger partial charge in [-0.05, 0) is 63.1 Å². The molecule has 2 aliphatic heterocycles. The van der Waals surface area contributed by atoms with Crippen molar-refractivity contribution in [3.63, 3.8) is 0 Å². The van der Waals surface area contributed by atoms with Crippen LogP contribution < -0.4 is 9.80 Å². The fourth-order valence-corrected chi connectivity index (χ4v) is 5.65. The van der Waals surface area contributed by atoms with Crippen LogP contribution in [0.2, 0.25) is 5.02 Å². The van der Waals surface area contributed by atoms with E-state index in [4.69, 9.17) is 11.6 Å². The predicted molar refractivity (Wildman–Crippen MR) is 116 cm³/mol. The Bertz CT molecular complexity index is 827. The molecule has 1 aliphatic carbocycles. The van der Waals surface area contributed by atoms with E-state index in [1.807, 2.05) is 6.07 Å². The molecule has 4 rings (SSSR count). The summed E-state index contributed by atoms with van der Waals surface area (Å²) in [7, 11) is 1.49. The molecule has 2 heterocycles. The van der Waals surface area contributed by atoms with Gasteiger partial charge in [-0.1, -0.05) is 11.6 Å². The molecule has 1 atom stereocenters. The molecule has 0 bridgehead atoms. The van der Waals surface area contributed by atoms with Crippen molar-refractivity contribution in [2.24, 2.45) is 5.41 Å². The number of halogens is 1. The summed E-state index contributed by atoms with van der Waals surface area (Å²) in [4.78, 5) is 30.1. The maximum absolute atomic E-state index is 13.5. The Morgan fingerprint density at radius 2 is 1.93 bits per heavy atom. The highest BCUT2D eigenvalue weighted by Crippen LogP contribution is 2.44. The van der Waals surface area contributed by atoms with E-state index in [1.54, 1.807) is 12.1 Å². The van der Waals surface area contributed by atoms with Crippen LogP contribution in [0.3, 0.4) is 0 Å². The van der Waals surface area contributed by atoms with E-state index in [0.717, 1.165) is 68.6 Å². The minimum Gasteiger partial charge on any atom is -0.465 e. The molecule has 2 amide bonds. The maximum atomic E-state index is 13.5. The van der Waals surface area contributed by atoms with Crippen LogP contribution >= 0.6 is 11.6 Å². The first-order valence-corrected chi connectivity index (χ1v) is 11.2. The number of rotatable bonds is 3. The monoisotopic (exact) mass is 435 g/mol. The highest BCUT2D eigenvalue weighted by atomic mass is 35.5. The fraction of sp³-hybridized carbons (Fsp3) is 0.636. The van der Waals surface area contributed by atoms with Crippen molar-refractivity contribution in [2.45, 2.75) is 57.1 Å². The van der Waals surface area contributed by atoms with Crippen LogP contribution in [0.4, 0.5) is 16.2 Å². The minimum atomic E-state index is -1.04. The van der Waals surface area contributed by atoms with Gasteiger partial charge >= 0.3 is 6.09 Å². The van der Waals surface area contributed by atoms with Crippen LogP contribution in [-0.4, -0.2) is 65.9 Å². The molecule has 3 fully saturated rings. The van der Waals surface area contributed by atoms with E-state index in [9.17, 15) is 19.8 Å². The van der Waals surface area contributed by atoms with Crippen molar-refractivity contribution in [1.82, 2.24) is 4.90 Å². The lowest BCUT2D eigenvalue weighted by Gasteiger charge is -2.41. The van der Waals surface area contributed by atoms with Crippen molar-refractivity contribution in [3.05, 3.63) is 23.2 Å². The molecule has 7 nitrogen and oxygen atoms in total. The van der Waals surface area contributed by atoms with Gasteiger partial charge in [-0.15, -0.1) is 0 Å². The topological polar surface area (TPSA) is 84.3 Å². The van der Waals surface area contributed by atoms with Crippen LogP contribution in [0, 0.1) is 5.41 Å². The predicted octanol–water partition coefficient (Wildman–Crippen LogP) is 3.58. The fourth-order valence-electron chi connectivity index (χ4n) is 5.35. The number of aliphatic hydroxyl groups excluding tert-OH is 1. The zero-order chi connectivity index (χ0) is 21.5. The van der Waals surface area contributed by atoms with Crippen molar-refractivity contribution < 1.29 is 19.8 Å². The molecule has 1 saturated carbocycles. The van der Waals surface area contributed by atoms with E-state index < -0.39 is 6.09 Å². The van der Waals surface area contributed by atoms with Gasteiger partial charge in [-0.3, -0.25) is 9.69 Å². The largest absolute Gasteiger partial charge is 0.465 e. The average molecular weight is 436 g/mol. The quantitative estimate of drug-likeness (QED) is 0.758. The molecule has 1 spiro atoms. The summed E-state index contributed by atoms with van der Waals surface area (Å²) in [6.45, 7) is 2.27. The van der Waals surface area contributed by atoms with Gasteiger partial charge in [0.2, 0.25) is 5.91 Å². The molecular formula is C22H30ClN3O4. The number of nitrogens with zero attached hydrogens (tertiary/aromatic N) is 3. The Balaban J connectivity index is 1.49. The molecule has 1 aromatic rings. The number of hydrogen-bond donors (Lipinski definition) is 2. The number of amides is 2. The van der Waals surface area contributed by atoms with E-state index in [1.165, 1.54) is 7.05 Å². The second-order valence-corrected chi connectivity index (χ2v) is 9.40. The number of carbonyl (C=O) groups excluding carboxylic acids is 1. The number of benzene rings is 1. The average Bonchev–Trinajstić information content (AvgIpc) is 3.03. The van der Waals surface area contributed by atoms with Crippen molar-refractivity contribution in [2.75, 3.05) is 36.5 Å². The molecule has 0 unspecified atom stereocenters. The lowest BCUT2D eigenvalue weighted by Crippen LogP contribution is -2.50. The third-order valence-electron chi connectivity index (χ3n) is 7.18. The zero-order valence-electron chi connectivity index (χ0n) is 17.4. The summed E-state index contributed by atoms with van der Waals surface area (Å²) in [5, 5.41) is 19.5. The molecular weight excluding hydrogens is 406 g/mol. The number of anilines is 2. The summed E-state index contributed by atoms with van der Waals surface area (Å²) in [5.74, 6) is 0.256. The Morgan fingerprint density at radius 1 is 1.20 bits per heavy atom. The third kappa shape index (κ3) is 3.85. The maximum Gasteiger partial charge on any atom is 0.411 e. The summed E-state index contributed by atoms with van der Waals surface area (Å²) < 4.78 is 0. The lowest BCUT2D eigenvalue weighted by atomic mass is 9.78. The zero-order valence-corrected chi connectivity index (χ0v) is 18.1. The second-order valence-electron chi connectivity index (χ2n) is 8.99. The number of carbonyl (C=O) groups is 2. The molecule has 164 valence electrons. The molecule has 3 aliphatic rings. The number of likely N-dealkylation sites (tertiary alicyclic amines) is 1. The van der Waals surface area contributed by atoms with E-state index >= 15 is 0 Å². The summed E-state index contributed by atoms with van der Waals surface area (Å²) in [6, 6.07) is 5.54. The van der Waals surface area contributed by atoms with Gasteiger partial charge in [0, 0.05) is 38.4 Å². The van der Waals surface area contributed by atoms with E-state index in [-0.39, 0.29) is 23.5 Å². The first-order valence-electron chi connectivity index (χ1n) is 10.8. The Hall–Kier alpha value is -1.99. The molecule has 2 N–H and O–H groups in total. The third-order valence-corrected chi connectivity index (χ3v) is 7.48. The van der Waals surface area contributed by atoms with Crippen LogP contribution in [0.1, 0.15) is 44.9 Å². The van der Waals surface area contributed by atoms with Gasteiger partial charge < -0.3 is 20.0 Å². The molecule has 1 aromatic carbocycles. The summed E-state index contributed by atoms with van der Waals surface area (Å²) >= 11 is 6.53. The van der Waals surface area contributed by atoms with Crippen molar-refractivity contribution >= 4 is 35.0 Å². The Kier molecular flexibility index (Phi) is 5.86. The SMILES string of the molecule is CN(C(=O)O)c1ccc(N2CCC[C@]3(CCN([C@H]4CC[C@H](O)CC4)C3=O)C2)c(Cl)c1. The smallest absolute Gasteiger partial charge is 0.411 e. The van der Waals surface area contributed by atoms with Crippen molar-refractivity contribution in [3.8, 4) is 0 Å². The van der Waals surface area contributed by atoms with Crippen LogP contribution in [0.15, 0.2) is 18.2 Å².